The number of amides is 1. The van der Waals surface area contributed by atoms with Gasteiger partial charge in [-0.2, -0.15) is 4.31 Å². The first-order valence-electron chi connectivity index (χ1n) is 9.88. The van der Waals surface area contributed by atoms with Crippen LogP contribution in [0.15, 0.2) is 59.5 Å². The van der Waals surface area contributed by atoms with Crippen molar-refractivity contribution in [3.63, 3.8) is 0 Å². The van der Waals surface area contributed by atoms with Crippen LogP contribution >= 0.6 is 0 Å². The minimum absolute atomic E-state index is 0.148. The van der Waals surface area contributed by atoms with E-state index in [2.05, 4.69) is 5.32 Å². The molecule has 0 aliphatic rings. The maximum atomic E-state index is 12.8. The molecule has 1 N–H and O–H groups in total. The molecular formula is C22H30N2O4S. The number of hydrogen-bond acceptors (Lipinski definition) is 4. The summed E-state index contributed by atoms with van der Waals surface area (Å²) in [5.41, 5.74) is 1.38. The summed E-state index contributed by atoms with van der Waals surface area (Å²) in [7, 11) is -3.56. The lowest BCUT2D eigenvalue weighted by molar-refractivity contribution is 0.0757. The second kappa shape index (κ2) is 11.1. The second-order valence-corrected chi connectivity index (χ2v) is 8.91. The predicted molar refractivity (Wildman–Crippen MR) is 114 cm³/mol. The van der Waals surface area contributed by atoms with Crippen molar-refractivity contribution in [3.05, 3.63) is 65.7 Å². The Morgan fingerprint density at radius 3 is 2.31 bits per heavy atom. The van der Waals surface area contributed by atoms with Crippen molar-refractivity contribution in [2.75, 3.05) is 19.7 Å². The lowest BCUT2D eigenvalue weighted by Gasteiger charge is -2.20. The lowest BCUT2D eigenvalue weighted by Crippen LogP contribution is -2.30. The van der Waals surface area contributed by atoms with Crippen molar-refractivity contribution in [3.8, 4) is 0 Å². The van der Waals surface area contributed by atoms with Gasteiger partial charge in [0.2, 0.25) is 10.0 Å². The molecule has 2 rings (SSSR count). The highest BCUT2D eigenvalue weighted by Crippen LogP contribution is 2.18. The summed E-state index contributed by atoms with van der Waals surface area (Å²) < 4.78 is 32.5. The quantitative estimate of drug-likeness (QED) is 0.567. The van der Waals surface area contributed by atoms with Crippen LogP contribution in [0.1, 0.15) is 43.1 Å². The molecule has 0 radical (unpaired) electrons. The summed E-state index contributed by atoms with van der Waals surface area (Å²) in [6, 6.07) is 15.4. The number of sulfonamides is 1. The average molecular weight is 419 g/mol. The van der Waals surface area contributed by atoms with E-state index in [0.29, 0.717) is 25.3 Å². The van der Waals surface area contributed by atoms with Crippen LogP contribution in [0.5, 0.6) is 0 Å². The van der Waals surface area contributed by atoms with Gasteiger partial charge in [-0.3, -0.25) is 4.79 Å². The van der Waals surface area contributed by atoms with E-state index in [1.165, 1.54) is 4.31 Å². The van der Waals surface area contributed by atoms with E-state index >= 15 is 0 Å². The highest BCUT2D eigenvalue weighted by Gasteiger charge is 2.22. The molecule has 2 aromatic rings. The number of ether oxygens (including phenoxy) is 1. The number of carbonyl (C=O) groups excluding carboxylic acids is 1. The fourth-order valence-electron chi connectivity index (χ4n) is 2.77. The zero-order chi connectivity index (χ0) is 21.3. The zero-order valence-corrected chi connectivity index (χ0v) is 18.1. The summed E-state index contributed by atoms with van der Waals surface area (Å²) in [4.78, 5) is 12.5. The number of hydrogen-bond donors (Lipinski definition) is 1. The Kier molecular flexibility index (Phi) is 8.82. The van der Waals surface area contributed by atoms with Crippen LogP contribution in [0.3, 0.4) is 0 Å². The minimum atomic E-state index is -3.56. The van der Waals surface area contributed by atoms with E-state index in [-0.39, 0.29) is 23.5 Å². The fourth-order valence-corrected chi connectivity index (χ4v) is 4.23. The van der Waals surface area contributed by atoms with Crippen LogP contribution in [-0.2, 0) is 21.3 Å². The number of nitrogens with one attached hydrogen (secondary N) is 1. The van der Waals surface area contributed by atoms with Gasteiger partial charge in [-0.05, 0) is 50.1 Å². The normalized spacial score (nSPS) is 11.8. The first kappa shape index (κ1) is 23.1. The molecule has 2 aromatic carbocycles. The molecule has 0 atom stereocenters. The van der Waals surface area contributed by atoms with Gasteiger partial charge in [0.25, 0.3) is 5.91 Å². The Balaban J connectivity index is 1.94. The molecule has 1 amide bonds. The Labute approximate surface area is 173 Å². The van der Waals surface area contributed by atoms with Crippen molar-refractivity contribution >= 4 is 15.9 Å². The second-order valence-electron chi connectivity index (χ2n) is 6.97. The van der Waals surface area contributed by atoms with E-state index in [9.17, 15) is 13.2 Å². The van der Waals surface area contributed by atoms with Gasteiger partial charge in [0.05, 0.1) is 11.0 Å². The molecule has 0 aliphatic carbocycles. The molecule has 0 bridgehead atoms. The number of carbonyl (C=O) groups is 1. The molecule has 0 aromatic heterocycles. The molecule has 0 aliphatic heterocycles. The standard InChI is InChI=1S/C22H30N2O4S/c1-4-24(29(26,27)21-9-6-5-7-10-21)17-19-11-13-20(14-12-19)22(25)23-15-8-16-28-18(2)3/h5-7,9-14,18H,4,8,15-17H2,1-3H3,(H,23,25). The van der Waals surface area contributed by atoms with Crippen molar-refractivity contribution < 1.29 is 17.9 Å². The summed E-state index contributed by atoms with van der Waals surface area (Å²) in [5, 5.41) is 2.86. The van der Waals surface area contributed by atoms with Crippen molar-refractivity contribution in [1.29, 1.82) is 0 Å². The van der Waals surface area contributed by atoms with Crippen LogP contribution in [0.4, 0.5) is 0 Å². The van der Waals surface area contributed by atoms with E-state index in [4.69, 9.17) is 4.74 Å². The summed E-state index contributed by atoms with van der Waals surface area (Å²) in [6.45, 7) is 7.53. The SMILES string of the molecule is CCN(Cc1ccc(C(=O)NCCCOC(C)C)cc1)S(=O)(=O)c1ccccc1. The topological polar surface area (TPSA) is 75.7 Å². The molecule has 6 nitrogen and oxygen atoms in total. The Morgan fingerprint density at radius 1 is 1.07 bits per heavy atom. The summed E-state index contributed by atoms with van der Waals surface area (Å²) >= 11 is 0. The first-order chi connectivity index (χ1) is 13.8. The van der Waals surface area contributed by atoms with Crippen molar-refractivity contribution in [1.82, 2.24) is 9.62 Å². The third kappa shape index (κ3) is 6.96. The van der Waals surface area contributed by atoms with Crippen LogP contribution in [-0.4, -0.2) is 44.4 Å². The molecule has 7 heteroatoms. The van der Waals surface area contributed by atoms with Crippen LogP contribution < -0.4 is 5.32 Å². The van der Waals surface area contributed by atoms with E-state index in [0.717, 1.165) is 12.0 Å². The van der Waals surface area contributed by atoms with Gasteiger partial charge in [-0.1, -0.05) is 37.3 Å². The largest absolute Gasteiger partial charge is 0.379 e. The monoisotopic (exact) mass is 418 g/mol. The molecule has 0 heterocycles. The average Bonchev–Trinajstić information content (AvgIpc) is 2.72. The van der Waals surface area contributed by atoms with Crippen LogP contribution in [0.25, 0.3) is 0 Å². The fraction of sp³-hybridized carbons (Fsp3) is 0.409. The van der Waals surface area contributed by atoms with E-state index < -0.39 is 10.0 Å². The van der Waals surface area contributed by atoms with Gasteiger partial charge in [0, 0.05) is 31.8 Å². The molecule has 29 heavy (non-hydrogen) atoms. The zero-order valence-electron chi connectivity index (χ0n) is 17.3. The van der Waals surface area contributed by atoms with Crippen molar-refractivity contribution in [2.24, 2.45) is 0 Å². The Bertz CT molecular complexity index is 865. The smallest absolute Gasteiger partial charge is 0.251 e. The number of nitrogens with zero attached hydrogens (tertiary/aromatic N) is 1. The third-order valence-electron chi connectivity index (χ3n) is 4.37. The number of benzene rings is 2. The molecule has 0 spiro atoms. The Morgan fingerprint density at radius 2 is 1.72 bits per heavy atom. The molecule has 158 valence electrons. The molecule has 0 saturated carbocycles. The minimum Gasteiger partial charge on any atom is -0.379 e. The van der Waals surface area contributed by atoms with Gasteiger partial charge >= 0.3 is 0 Å². The van der Waals surface area contributed by atoms with Crippen molar-refractivity contribution in [2.45, 2.75) is 44.7 Å². The molecular weight excluding hydrogens is 388 g/mol. The van der Waals surface area contributed by atoms with Gasteiger partial charge in [0.1, 0.15) is 0 Å². The maximum Gasteiger partial charge on any atom is 0.251 e. The maximum absolute atomic E-state index is 12.8. The molecule has 0 saturated heterocycles. The summed E-state index contributed by atoms with van der Waals surface area (Å²) in [5.74, 6) is -0.148. The lowest BCUT2D eigenvalue weighted by atomic mass is 10.1. The summed E-state index contributed by atoms with van der Waals surface area (Å²) in [6.07, 6.45) is 0.941. The van der Waals surface area contributed by atoms with Crippen LogP contribution in [0, 0.1) is 0 Å². The number of rotatable bonds is 11. The third-order valence-corrected chi connectivity index (χ3v) is 6.30. The highest BCUT2D eigenvalue weighted by atomic mass is 32.2. The highest BCUT2D eigenvalue weighted by molar-refractivity contribution is 7.89. The first-order valence-corrected chi connectivity index (χ1v) is 11.3. The van der Waals surface area contributed by atoms with Gasteiger partial charge in [0.15, 0.2) is 0 Å². The van der Waals surface area contributed by atoms with Gasteiger partial charge in [-0.15, -0.1) is 0 Å². The van der Waals surface area contributed by atoms with Gasteiger partial charge in [-0.25, -0.2) is 8.42 Å². The van der Waals surface area contributed by atoms with E-state index in [1.807, 2.05) is 20.8 Å². The van der Waals surface area contributed by atoms with Gasteiger partial charge < -0.3 is 10.1 Å². The van der Waals surface area contributed by atoms with Crippen LogP contribution in [0.2, 0.25) is 0 Å². The molecule has 0 unspecified atom stereocenters. The molecule has 0 fully saturated rings. The van der Waals surface area contributed by atoms with E-state index in [1.54, 1.807) is 54.6 Å². The predicted octanol–water partition coefficient (Wildman–Crippen LogP) is 3.44. The Hall–Kier alpha value is -2.22.